The van der Waals surface area contributed by atoms with E-state index >= 15 is 0 Å². The van der Waals surface area contributed by atoms with Gasteiger partial charge in [0.2, 0.25) is 0 Å². The molecule has 118 valence electrons. The van der Waals surface area contributed by atoms with Crippen LogP contribution in [0.15, 0.2) is 39.3 Å². The van der Waals surface area contributed by atoms with Crippen molar-refractivity contribution in [2.75, 3.05) is 11.9 Å². The number of nitrogens with one attached hydrogen (secondary N) is 1. The van der Waals surface area contributed by atoms with Crippen LogP contribution in [0.3, 0.4) is 0 Å². The summed E-state index contributed by atoms with van der Waals surface area (Å²) < 4.78 is 7.75. The molecule has 0 fully saturated rings. The summed E-state index contributed by atoms with van der Waals surface area (Å²) in [5.41, 5.74) is 1.83. The first kappa shape index (κ1) is 17.9. The Balaban J connectivity index is 2.22. The zero-order valence-electron chi connectivity index (χ0n) is 11.9. The third kappa shape index (κ3) is 4.79. The molecular formula is C16H15Br2Cl2NO. The Labute approximate surface area is 157 Å². The fraction of sp³-hybridized carbons (Fsp3) is 0.250. The van der Waals surface area contributed by atoms with Crippen molar-refractivity contribution < 1.29 is 4.74 Å². The minimum atomic E-state index is 0.581. The highest BCUT2D eigenvalue weighted by Crippen LogP contribution is 2.34. The van der Waals surface area contributed by atoms with Gasteiger partial charge in [-0.05, 0) is 52.7 Å². The van der Waals surface area contributed by atoms with Crippen LogP contribution in [0.1, 0.15) is 18.9 Å². The van der Waals surface area contributed by atoms with Crippen molar-refractivity contribution in [1.29, 1.82) is 0 Å². The van der Waals surface area contributed by atoms with Crippen molar-refractivity contribution in [3.05, 3.63) is 54.9 Å². The molecule has 0 atom stereocenters. The van der Waals surface area contributed by atoms with Gasteiger partial charge in [0.05, 0.1) is 21.8 Å². The number of anilines is 1. The first-order valence-corrected chi connectivity index (χ1v) is 9.15. The minimum Gasteiger partial charge on any atom is -0.492 e. The van der Waals surface area contributed by atoms with Crippen LogP contribution in [-0.2, 0) is 6.54 Å². The zero-order chi connectivity index (χ0) is 16.1. The van der Waals surface area contributed by atoms with Crippen LogP contribution in [-0.4, -0.2) is 6.61 Å². The molecule has 0 saturated carbocycles. The van der Waals surface area contributed by atoms with Crippen LogP contribution in [0.5, 0.6) is 5.75 Å². The summed E-state index contributed by atoms with van der Waals surface area (Å²) in [6, 6.07) is 9.35. The summed E-state index contributed by atoms with van der Waals surface area (Å²) >= 11 is 19.2. The molecule has 2 nitrogen and oxygen atoms in total. The van der Waals surface area contributed by atoms with Gasteiger partial charge < -0.3 is 10.1 Å². The van der Waals surface area contributed by atoms with Gasteiger partial charge in [-0.15, -0.1) is 0 Å². The Kier molecular flexibility index (Phi) is 6.87. The van der Waals surface area contributed by atoms with Crippen LogP contribution in [0.4, 0.5) is 5.69 Å². The van der Waals surface area contributed by atoms with Gasteiger partial charge in [0.1, 0.15) is 5.75 Å². The Bertz CT molecular complexity index is 665. The maximum absolute atomic E-state index is 6.18. The highest BCUT2D eigenvalue weighted by molar-refractivity contribution is 9.11. The highest BCUT2D eigenvalue weighted by Gasteiger charge is 2.11. The molecule has 0 heterocycles. The van der Waals surface area contributed by atoms with E-state index in [1.807, 2.05) is 18.2 Å². The van der Waals surface area contributed by atoms with Gasteiger partial charge in [-0.1, -0.05) is 46.1 Å². The molecule has 6 heteroatoms. The molecule has 0 saturated heterocycles. The Hall–Kier alpha value is -0.420. The minimum absolute atomic E-state index is 0.581. The van der Waals surface area contributed by atoms with E-state index in [9.17, 15) is 0 Å². The lowest BCUT2D eigenvalue weighted by Crippen LogP contribution is -2.05. The predicted molar refractivity (Wildman–Crippen MR) is 101 cm³/mol. The van der Waals surface area contributed by atoms with E-state index in [1.54, 1.807) is 12.1 Å². The second-order valence-corrected chi connectivity index (χ2v) is 7.32. The normalized spacial score (nSPS) is 10.6. The van der Waals surface area contributed by atoms with Gasteiger partial charge in [0.25, 0.3) is 0 Å². The molecule has 1 N–H and O–H groups in total. The average Bonchev–Trinajstić information content (AvgIpc) is 2.47. The second-order valence-electron chi connectivity index (χ2n) is 4.70. The number of benzene rings is 2. The summed E-state index contributed by atoms with van der Waals surface area (Å²) in [6.45, 7) is 3.33. The molecule has 0 radical (unpaired) electrons. The summed E-state index contributed by atoms with van der Waals surface area (Å²) in [6.07, 6.45) is 0.954. The molecule has 0 spiro atoms. The Morgan fingerprint density at radius 1 is 1.14 bits per heavy atom. The average molecular weight is 468 g/mol. The largest absolute Gasteiger partial charge is 0.492 e. The zero-order valence-corrected chi connectivity index (χ0v) is 16.6. The van der Waals surface area contributed by atoms with Crippen molar-refractivity contribution in [2.24, 2.45) is 0 Å². The maximum Gasteiger partial charge on any atom is 0.138 e. The lowest BCUT2D eigenvalue weighted by atomic mass is 10.2. The molecule has 2 aromatic rings. The lowest BCUT2D eigenvalue weighted by molar-refractivity contribution is 0.312. The predicted octanol–water partition coefficient (Wildman–Crippen LogP) is 6.92. The number of ether oxygens (including phenoxy) is 1. The van der Waals surface area contributed by atoms with Gasteiger partial charge in [-0.2, -0.15) is 0 Å². The topological polar surface area (TPSA) is 21.3 Å². The third-order valence-electron chi connectivity index (χ3n) is 2.93. The van der Waals surface area contributed by atoms with Gasteiger partial charge in [-0.3, -0.25) is 0 Å². The molecule has 0 aromatic heterocycles. The van der Waals surface area contributed by atoms with Crippen LogP contribution in [0.2, 0.25) is 10.0 Å². The van der Waals surface area contributed by atoms with E-state index in [2.05, 4.69) is 44.1 Å². The van der Waals surface area contributed by atoms with Crippen LogP contribution in [0.25, 0.3) is 0 Å². The van der Waals surface area contributed by atoms with E-state index in [0.29, 0.717) is 23.2 Å². The lowest BCUT2D eigenvalue weighted by Gasteiger charge is -2.15. The Morgan fingerprint density at radius 3 is 2.64 bits per heavy atom. The fourth-order valence-electron chi connectivity index (χ4n) is 1.93. The SMILES string of the molecule is CCCOc1c(Br)cc(Br)cc1CNc1cc(Cl)ccc1Cl. The van der Waals surface area contributed by atoms with Gasteiger partial charge in [-0.25, -0.2) is 0 Å². The van der Waals surface area contributed by atoms with Crippen LogP contribution in [0, 0.1) is 0 Å². The molecule has 0 unspecified atom stereocenters. The van der Waals surface area contributed by atoms with E-state index in [4.69, 9.17) is 27.9 Å². The van der Waals surface area contributed by atoms with Crippen molar-refractivity contribution in [2.45, 2.75) is 19.9 Å². The summed E-state index contributed by atoms with van der Waals surface area (Å²) in [4.78, 5) is 0. The van der Waals surface area contributed by atoms with Crippen molar-refractivity contribution >= 4 is 60.7 Å². The molecule has 22 heavy (non-hydrogen) atoms. The summed E-state index contributed by atoms with van der Waals surface area (Å²) in [5, 5.41) is 4.58. The molecule has 0 amide bonds. The van der Waals surface area contributed by atoms with Gasteiger partial charge in [0.15, 0.2) is 0 Å². The van der Waals surface area contributed by atoms with Crippen molar-refractivity contribution in [1.82, 2.24) is 0 Å². The molecular weight excluding hydrogens is 453 g/mol. The van der Waals surface area contributed by atoms with Gasteiger partial charge >= 0.3 is 0 Å². The number of halogens is 4. The summed E-state index contributed by atoms with van der Waals surface area (Å²) in [7, 11) is 0. The van der Waals surface area contributed by atoms with E-state index in [0.717, 1.165) is 32.4 Å². The van der Waals surface area contributed by atoms with Crippen molar-refractivity contribution in [3.8, 4) is 5.75 Å². The summed E-state index contributed by atoms with van der Waals surface area (Å²) in [5.74, 6) is 0.843. The number of hydrogen-bond acceptors (Lipinski definition) is 2. The Morgan fingerprint density at radius 2 is 1.91 bits per heavy atom. The number of rotatable bonds is 6. The fourth-order valence-corrected chi connectivity index (χ4v) is 3.72. The van der Waals surface area contributed by atoms with Crippen LogP contribution >= 0.6 is 55.1 Å². The standard InChI is InChI=1S/C16H15Br2Cl2NO/c1-2-5-22-16-10(6-11(17)7-13(16)18)9-21-15-8-12(19)3-4-14(15)20/h3-4,6-8,21H,2,5,9H2,1H3. The van der Waals surface area contributed by atoms with Gasteiger partial charge in [0, 0.05) is 21.6 Å². The maximum atomic E-state index is 6.18. The molecule has 0 aliphatic heterocycles. The second kappa shape index (κ2) is 8.44. The molecule has 0 aliphatic carbocycles. The first-order chi connectivity index (χ1) is 10.5. The molecule has 2 aromatic carbocycles. The quantitative estimate of drug-likeness (QED) is 0.497. The smallest absolute Gasteiger partial charge is 0.138 e. The number of hydrogen-bond donors (Lipinski definition) is 1. The third-order valence-corrected chi connectivity index (χ3v) is 4.55. The van der Waals surface area contributed by atoms with Crippen molar-refractivity contribution in [3.63, 3.8) is 0 Å². The molecule has 0 aliphatic rings. The highest BCUT2D eigenvalue weighted by atomic mass is 79.9. The molecule has 2 rings (SSSR count). The molecule has 0 bridgehead atoms. The monoisotopic (exact) mass is 465 g/mol. The van der Waals surface area contributed by atoms with Crippen LogP contribution < -0.4 is 10.1 Å². The van der Waals surface area contributed by atoms with E-state index < -0.39 is 0 Å². The first-order valence-electron chi connectivity index (χ1n) is 6.81. The van der Waals surface area contributed by atoms with E-state index in [1.165, 1.54) is 0 Å². The van der Waals surface area contributed by atoms with E-state index in [-0.39, 0.29) is 0 Å².